The molecule has 0 fully saturated rings. The highest BCUT2D eigenvalue weighted by Crippen LogP contribution is 2.33. The maximum Gasteiger partial charge on any atom is 0.338 e. The molecule has 7 nitrogen and oxygen atoms in total. The van der Waals surface area contributed by atoms with Crippen LogP contribution in [0, 0.1) is 6.92 Å². The van der Waals surface area contributed by atoms with Crippen molar-refractivity contribution in [2.75, 3.05) is 7.11 Å². The second kappa shape index (κ2) is 9.99. The molecule has 1 heterocycles. The van der Waals surface area contributed by atoms with Crippen molar-refractivity contribution >= 4 is 23.7 Å². The van der Waals surface area contributed by atoms with E-state index in [1.54, 1.807) is 55.9 Å². The van der Waals surface area contributed by atoms with Crippen LogP contribution in [0.4, 0.5) is 0 Å². The van der Waals surface area contributed by atoms with Crippen molar-refractivity contribution < 1.29 is 19.1 Å². The van der Waals surface area contributed by atoms with Gasteiger partial charge in [0.25, 0.3) is 0 Å². The number of nitrogens with zero attached hydrogens (tertiary/aromatic N) is 3. The van der Waals surface area contributed by atoms with Crippen molar-refractivity contribution in [3.8, 4) is 0 Å². The van der Waals surface area contributed by atoms with Gasteiger partial charge in [-0.15, -0.1) is 16.9 Å². The van der Waals surface area contributed by atoms with Crippen LogP contribution in [0.5, 0.6) is 0 Å². The highest BCUT2D eigenvalue weighted by Gasteiger charge is 2.30. The summed E-state index contributed by atoms with van der Waals surface area (Å²) in [5.41, 5.74) is 3.32. The summed E-state index contributed by atoms with van der Waals surface area (Å²) in [5.74, 6) is -0.760. The van der Waals surface area contributed by atoms with Gasteiger partial charge in [-0.05, 0) is 57.5 Å². The third kappa shape index (κ3) is 5.97. The van der Waals surface area contributed by atoms with Crippen LogP contribution in [0.1, 0.15) is 54.1 Å². The molecule has 0 amide bonds. The zero-order chi connectivity index (χ0) is 23.3. The fourth-order valence-corrected chi connectivity index (χ4v) is 4.02. The van der Waals surface area contributed by atoms with Gasteiger partial charge in [0.2, 0.25) is 0 Å². The van der Waals surface area contributed by atoms with E-state index in [9.17, 15) is 9.59 Å². The lowest BCUT2D eigenvalue weighted by Crippen LogP contribution is -2.28. The van der Waals surface area contributed by atoms with E-state index in [0.29, 0.717) is 17.8 Å². The van der Waals surface area contributed by atoms with E-state index in [0.717, 1.165) is 10.5 Å². The molecular weight excluding hydrogens is 426 g/mol. The molecule has 8 heteroatoms. The van der Waals surface area contributed by atoms with Gasteiger partial charge >= 0.3 is 11.9 Å². The average Bonchev–Trinajstić information content (AvgIpc) is 3.23. The first-order chi connectivity index (χ1) is 15.2. The van der Waals surface area contributed by atoms with Gasteiger partial charge in [-0.2, -0.15) is 0 Å². The minimum Gasteiger partial charge on any atom is -0.468 e. The Kier molecular flexibility index (Phi) is 7.35. The number of hydrogen-bond acceptors (Lipinski definition) is 7. The lowest BCUT2D eigenvalue weighted by Gasteiger charge is -2.20. The van der Waals surface area contributed by atoms with E-state index < -0.39 is 16.8 Å². The lowest BCUT2D eigenvalue weighted by atomic mass is 10.1. The van der Waals surface area contributed by atoms with Gasteiger partial charge in [-0.1, -0.05) is 35.0 Å². The summed E-state index contributed by atoms with van der Waals surface area (Å²) in [6, 6.07) is 15.1. The Morgan fingerprint density at radius 1 is 1.09 bits per heavy atom. The fraction of sp³-hybridized carbons (Fsp3) is 0.333. The number of ether oxygens (including phenoxy) is 2. The van der Waals surface area contributed by atoms with Crippen molar-refractivity contribution in [3.05, 3.63) is 77.1 Å². The normalized spacial score (nSPS) is 12.3. The van der Waals surface area contributed by atoms with Crippen LogP contribution in [0.3, 0.4) is 0 Å². The summed E-state index contributed by atoms with van der Waals surface area (Å²) >= 11 is 1.37. The number of aryl methyl sites for hydroxylation is 1. The minimum absolute atomic E-state index is 0.310. The van der Waals surface area contributed by atoms with Crippen molar-refractivity contribution in [2.24, 2.45) is 0 Å². The molecule has 3 aromatic rings. The highest BCUT2D eigenvalue weighted by atomic mass is 32.2. The van der Waals surface area contributed by atoms with Crippen molar-refractivity contribution in [2.45, 2.75) is 50.0 Å². The second-order valence-electron chi connectivity index (χ2n) is 8.00. The van der Waals surface area contributed by atoms with Crippen molar-refractivity contribution in [1.82, 2.24) is 15.0 Å². The molecule has 0 aliphatic rings. The molecule has 0 spiro atoms. The standard InChI is InChI=1S/C24H27N3O4S/c1-16-6-8-18(9-7-16)14-27-15-21(25-26-27)17(2)31-22(28)19-10-12-20(13-11-19)32-24(3,4)23(29)30-5/h6-13,15,17H,14H2,1-5H3/t17-/m1/s1. The number of methoxy groups -OCH3 is 1. The second-order valence-corrected chi connectivity index (χ2v) is 9.70. The zero-order valence-corrected chi connectivity index (χ0v) is 19.7. The third-order valence-electron chi connectivity index (χ3n) is 4.86. The molecule has 0 radical (unpaired) electrons. The molecule has 1 atom stereocenters. The minimum atomic E-state index is -0.726. The smallest absolute Gasteiger partial charge is 0.338 e. The van der Waals surface area contributed by atoms with Crippen LogP contribution in [-0.4, -0.2) is 38.8 Å². The van der Waals surface area contributed by atoms with Crippen molar-refractivity contribution in [3.63, 3.8) is 0 Å². The first kappa shape index (κ1) is 23.5. The molecule has 32 heavy (non-hydrogen) atoms. The van der Waals surface area contributed by atoms with Gasteiger partial charge < -0.3 is 9.47 Å². The van der Waals surface area contributed by atoms with Crippen LogP contribution in [0.25, 0.3) is 0 Å². The van der Waals surface area contributed by atoms with Gasteiger partial charge in [0.15, 0.2) is 0 Å². The molecule has 0 unspecified atom stereocenters. The Morgan fingerprint density at radius 2 is 1.75 bits per heavy atom. The largest absolute Gasteiger partial charge is 0.468 e. The maximum absolute atomic E-state index is 12.6. The summed E-state index contributed by atoms with van der Waals surface area (Å²) < 4.78 is 11.4. The molecule has 0 bridgehead atoms. The summed E-state index contributed by atoms with van der Waals surface area (Å²) in [4.78, 5) is 25.3. The predicted octanol–water partition coefficient (Wildman–Crippen LogP) is 4.60. The highest BCUT2D eigenvalue weighted by molar-refractivity contribution is 8.01. The monoisotopic (exact) mass is 453 g/mol. The molecule has 0 saturated heterocycles. The van der Waals surface area contributed by atoms with Gasteiger partial charge in [0.1, 0.15) is 16.5 Å². The molecule has 0 aliphatic carbocycles. The number of esters is 2. The van der Waals surface area contributed by atoms with Gasteiger partial charge in [-0.3, -0.25) is 4.79 Å². The summed E-state index contributed by atoms with van der Waals surface area (Å²) in [6.07, 6.45) is 1.24. The molecule has 0 saturated carbocycles. The average molecular weight is 454 g/mol. The number of hydrogen-bond donors (Lipinski definition) is 0. The lowest BCUT2D eigenvalue weighted by molar-refractivity contribution is -0.142. The number of thioether (sulfide) groups is 1. The van der Waals surface area contributed by atoms with E-state index in [4.69, 9.17) is 9.47 Å². The SMILES string of the molecule is COC(=O)C(C)(C)Sc1ccc(C(=O)O[C@H](C)c2cn(Cc3ccc(C)cc3)nn2)cc1. The van der Waals surface area contributed by atoms with Gasteiger partial charge in [0, 0.05) is 4.90 Å². The summed E-state index contributed by atoms with van der Waals surface area (Å²) in [7, 11) is 1.37. The molecule has 2 aromatic carbocycles. The van der Waals surface area contributed by atoms with Gasteiger partial charge in [0.05, 0.1) is 25.4 Å². The fourth-order valence-electron chi connectivity index (χ4n) is 2.99. The zero-order valence-electron chi connectivity index (χ0n) is 18.9. The molecule has 1 aromatic heterocycles. The maximum atomic E-state index is 12.6. The van der Waals surface area contributed by atoms with Crippen LogP contribution >= 0.6 is 11.8 Å². The van der Waals surface area contributed by atoms with Crippen LogP contribution in [-0.2, 0) is 20.8 Å². The number of carbonyl (C=O) groups is 2. The molecule has 0 N–H and O–H groups in total. The van der Waals surface area contributed by atoms with Crippen LogP contribution in [0.15, 0.2) is 59.6 Å². The molecule has 0 aliphatic heterocycles. The Labute approximate surface area is 192 Å². The number of rotatable bonds is 8. The number of benzene rings is 2. The first-order valence-electron chi connectivity index (χ1n) is 10.2. The Hall–Kier alpha value is -3.13. The number of carbonyl (C=O) groups excluding carboxylic acids is 2. The van der Waals surface area contributed by atoms with E-state index in [2.05, 4.69) is 22.4 Å². The van der Waals surface area contributed by atoms with Crippen LogP contribution in [0.2, 0.25) is 0 Å². The topological polar surface area (TPSA) is 83.3 Å². The molecular formula is C24H27N3O4S. The Bertz CT molecular complexity index is 1080. The van der Waals surface area contributed by atoms with Crippen molar-refractivity contribution in [1.29, 1.82) is 0 Å². The Morgan fingerprint density at radius 3 is 2.38 bits per heavy atom. The van der Waals surface area contributed by atoms with E-state index in [-0.39, 0.29) is 5.97 Å². The summed E-state index contributed by atoms with van der Waals surface area (Å²) in [6.45, 7) is 7.98. The van der Waals surface area contributed by atoms with E-state index >= 15 is 0 Å². The Balaban J connectivity index is 1.59. The third-order valence-corrected chi connectivity index (χ3v) is 6.05. The van der Waals surface area contributed by atoms with Gasteiger partial charge in [-0.25, -0.2) is 9.48 Å². The quantitative estimate of drug-likeness (QED) is 0.364. The molecule has 168 valence electrons. The van der Waals surface area contributed by atoms with Crippen LogP contribution < -0.4 is 0 Å². The molecule has 3 rings (SSSR count). The van der Waals surface area contributed by atoms with E-state index in [1.807, 2.05) is 19.1 Å². The first-order valence-corrected chi connectivity index (χ1v) is 11.0. The predicted molar refractivity (Wildman–Crippen MR) is 123 cm³/mol. The summed E-state index contributed by atoms with van der Waals surface area (Å²) in [5, 5.41) is 8.28. The van der Waals surface area contributed by atoms with E-state index in [1.165, 1.54) is 24.4 Å². The number of aromatic nitrogens is 3.